The number of nitriles is 1. The van der Waals surface area contributed by atoms with Crippen LogP contribution in [0.3, 0.4) is 0 Å². The van der Waals surface area contributed by atoms with E-state index < -0.39 is 6.04 Å². The maximum atomic E-state index is 12.8. The summed E-state index contributed by atoms with van der Waals surface area (Å²) in [7, 11) is 0. The molecule has 2 amide bonds. The van der Waals surface area contributed by atoms with Crippen LogP contribution >= 0.6 is 12.2 Å². The van der Waals surface area contributed by atoms with Gasteiger partial charge in [-0.05, 0) is 36.2 Å². The van der Waals surface area contributed by atoms with E-state index >= 15 is 0 Å². The van der Waals surface area contributed by atoms with Crippen molar-refractivity contribution in [2.75, 3.05) is 6.54 Å². The maximum absolute atomic E-state index is 12.8. The molecule has 1 atom stereocenters. The van der Waals surface area contributed by atoms with Crippen molar-refractivity contribution in [1.82, 2.24) is 24.8 Å². The molecule has 31 heavy (non-hydrogen) atoms. The third-order valence-corrected chi connectivity index (χ3v) is 5.60. The van der Waals surface area contributed by atoms with Crippen LogP contribution in [-0.2, 0) is 17.9 Å². The quantitative estimate of drug-likeness (QED) is 0.458. The molecule has 3 heterocycles. The van der Waals surface area contributed by atoms with E-state index in [0.29, 0.717) is 41.8 Å². The minimum absolute atomic E-state index is 0.249. The van der Waals surface area contributed by atoms with Gasteiger partial charge in [0.05, 0.1) is 35.3 Å². The molecule has 0 aliphatic carbocycles. The number of imidazole rings is 1. The Morgan fingerprint density at radius 2 is 2.13 bits per heavy atom. The highest BCUT2D eigenvalue weighted by atomic mass is 32.1. The summed E-state index contributed by atoms with van der Waals surface area (Å²) >= 11 is 5.16. The third kappa shape index (κ3) is 4.45. The van der Waals surface area contributed by atoms with Gasteiger partial charge in [0, 0.05) is 32.0 Å². The van der Waals surface area contributed by atoms with E-state index in [0.717, 1.165) is 11.3 Å². The Hall–Kier alpha value is -3.61. The number of nitrogens with one attached hydrogen (secondary N) is 2. The Morgan fingerprint density at radius 1 is 1.32 bits per heavy atom. The van der Waals surface area contributed by atoms with Gasteiger partial charge in [-0.15, -0.1) is 0 Å². The number of nitrogens with zero attached hydrogens (tertiary/aromatic N) is 4. The number of hydrogen-bond acceptors (Lipinski definition) is 6. The molecule has 8 nitrogen and oxygen atoms in total. The summed E-state index contributed by atoms with van der Waals surface area (Å²) in [4.78, 5) is 33.8. The highest BCUT2D eigenvalue weighted by Gasteiger charge is 2.36. The average Bonchev–Trinajstić information content (AvgIpc) is 3.38. The first kappa shape index (κ1) is 20.7. The van der Waals surface area contributed by atoms with E-state index in [1.54, 1.807) is 43.0 Å². The lowest BCUT2D eigenvalue weighted by Gasteiger charge is -2.16. The largest absolute Gasteiger partial charge is 0.352 e. The Balaban J connectivity index is 1.38. The van der Waals surface area contributed by atoms with Crippen LogP contribution in [0.1, 0.15) is 33.6 Å². The van der Waals surface area contributed by atoms with Crippen LogP contribution in [0.15, 0.2) is 55.1 Å². The van der Waals surface area contributed by atoms with Crippen molar-refractivity contribution in [3.8, 4) is 6.07 Å². The first-order valence-electron chi connectivity index (χ1n) is 9.81. The molecule has 0 radical (unpaired) electrons. The van der Waals surface area contributed by atoms with Crippen LogP contribution in [0.4, 0.5) is 0 Å². The molecule has 1 aliphatic heterocycles. The molecule has 1 fully saturated rings. The van der Waals surface area contributed by atoms with E-state index in [9.17, 15) is 9.59 Å². The van der Waals surface area contributed by atoms with Gasteiger partial charge >= 0.3 is 0 Å². The van der Waals surface area contributed by atoms with Crippen molar-refractivity contribution in [2.24, 2.45) is 0 Å². The minimum Gasteiger partial charge on any atom is -0.352 e. The average molecular weight is 433 g/mol. The number of aromatic amines is 1. The third-order valence-electron chi connectivity index (χ3n) is 5.26. The fourth-order valence-electron chi connectivity index (χ4n) is 3.55. The van der Waals surface area contributed by atoms with Crippen LogP contribution in [0.2, 0.25) is 0 Å². The van der Waals surface area contributed by atoms with Crippen LogP contribution in [0.5, 0.6) is 0 Å². The summed E-state index contributed by atoms with van der Waals surface area (Å²) < 4.78 is 2.31. The second-order valence-corrected chi connectivity index (χ2v) is 7.66. The second kappa shape index (κ2) is 9.04. The van der Waals surface area contributed by atoms with Gasteiger partial charge in [-0.2, -0.15) is 5.26 Å². The second-order valence-electron chi connectivity index (χ2n) is 7.25. The predicted octanol–water partition coefficient (Wildman–Crippen LogP) is 2.39. The monoisotopic (exact) mass is 432 g/mol. The summed E-state index contributed by atoms with van der Waals surface area (Å²) in [6.45, 7) is 1.40. The number of amides is 2. The molecule has 1 aliphatic rings. The highest BCUT2D eigenvalue weighted by Crippen LogP contribution is 2.16. The number of carbonyl (C=O) groups is 2. The molecule has 3 aromatic rings. The zero-order valence-electron chi connectivity index (χ0n) is 16.6. The fourth-order valence-corrected chi connectivity index (χ4v) is 3.78. The molecular formula is C22H20N6O2S. The lowest BCUT2D eigenvalue weighted by atomic mass is 10.1. The van der Waals surface area contributed by atoms with E-state index in [-0.39, 0.29) is 11.8 Å². The van der Waals surface area contributed by atoms with Crippen molar-refractivity contribution in [2.45, 2.75) is 25.6 Å². The number of hydrogen-bond donors (Lipinski definition) is 2. The van der Waals surface area contributed by atoms with Crippen LogP contribution < -0.4 is 5.32 Å². The van der Waals surface area contributed by atoms with Gasteiger partial charge in [-0.25, -0.2) is 4.98 Å². The minimum atomic E-state index is -0.441. The first-order chi connectivity index (χ1) is 15.1. The molecule has 0 bridgehead atoms. The van der Waals surface area contributed by atoms with E-state index in [4.69, 9.17) is 17.5 Å². The summed E-state index contributed by atoms with van der Waals surface area (Å²) in [6.07, 6.45) is 5.68. The van der Waals surface area contributed by atoms with Crippen molar-refractivity contribution in [1.29, 1.82) is 5.26 Å². The molecule has 4 rings (SSSR count). The number of likely N-dealkylation sites (tertiary alicyclic amines) is 1. The summed E-state index contributed by atoms with van der Waals surface area (Å²) in [5, 5.41) is 12.2. The number of rotatable bonds is 6. The lowest BCUT2D eigenvalue weighted by Crippen LogP contribution is -2.41. The van der Waals surface area contributed by atoms with Gasteiger partial charge in [0.25, 0.3) is 5.91 Å². The van der Waals surface area contributed by atoms with E-state index in [1.165, 1.54) is 4.90 Å². The summed E-state index contributed by atoms with van der Waals surface area (Å²) in [6, 6.07) is 12.4. The van der Waals surface area contributed by atoms with Crippen LogP contribution in [0.25, 0.3) is 0 Å². The van der Waals surface area contributed by atoms with Gasteiger partial charge in [-0.1, -0.05) is 24.4 Å². The number of imide groups is 1. The lowest BCUT2D eigenvalue weighted by molar-refractivity contribution is -0.127. The number of H-pyrrole nitrogens is 1. The van der Waals surface area contributed by atoms with Gasteiger partial charge in [-0.3, -0.25) is 14.5 Å². The number of aromatic nitrogens is 3. The molecular weight excluding hydrogens is 412 g/mol. The standard InChI is InChI=1S/C22H20N6O2S/c23-10-15-3-5-16(6-4-15)13-27-14-24-11-17(27)12-26-19-7-9-28(22(19)30)21(29)18-2-1-8-25-20(18)31/h1-6,8,11,14,19,26H,7,9,12-13H2,(H,25,31). The molecule has 9 heteroatoms. The molecule has 156 valence electrons. The van der Waals surface area contributed by atoms with Gasteiger partial charge < -0.3 is 14.9 Å². The van der Waals surface area contributed by atoms with Gasteiger partial charge in [0.1, 0.15) is 4.64 Å². The molecule has 2 aromatic heterocycles. The molecule has 1 aromatic carbocycles. The maximum Gasteiger partial charge on any atom is 0.263 e. The smallest absolute Gasteiger partial charge is 0.263 e. The van der Waals surface area contributed by atoms with Crippen molar-refractivity contribution >= 4 is 24.0 Å². The fraction of sp³-hybridized carbons (Fsp3) is 0.227. The first-order valence-corrected chi connectivity index (χ1v) is 10.2. The Bertz CT molecular complexity index is 1210. The zero-order valence-corrected chi connectivity index (χ0v) is 17.4. The Morgan fingerprint density at radius 3 is 2.87 bits per heavy atom. The van der Waals surface area contributed by atoms with Crippen molar-refractivity contribution in [3.05, 3.63) is 82.1 Å². The number of benzene rings is 1. The Labute approximate surface area is 184 Å². The predicted molar refractivity (Wildman–Crippen MR) is 115 cm³/mol. The number of carbonyl (C=O) groups excluding carboxylic acids is 2. The van der Waals surface area contributed by atoms with E-state index in [1.807, 2.05) is 16.7 Å². The SMILES string of the molecule is N#Cc1ccc(Cn2cncc2CNC2CCN(C(=O)c3ccc[nH]c3=S)C2=O)cc1. The van der Waals surface area contributed by atoms with Crippen LogP contribution in [-0.4, -0.2) is 43.8 Å². The van der Waals surface area contributed by atoms with E-state index in [2.05, 4.69) is 21.4 Å². The number of pyridine rings is 1. The topological polar surface area (TPSA) is 107 Å². The molecule has 1 unspecified atom stereocenters. The van der Waals surface area contributed by atoms with Gasteiger partial charge in [0.2, 0.25) is 5.91 Å². The summed E-state index contributed by atoms with van der Waals surface area (Å²) in [5.74, 6) is -0.622. The molecule has 0 saturated carbocycles. The zero-order chi connectivity index (χ0) is 21.8. The normalized spacial score (nSPS) is 15.8. The van der Waals surface area contributed by atoms with Crippen molar-refractivity contribution in [3.63, 3.8) is 0 Å². The molecule has 1 saturated heterocycles. The summed E-state index contributed by atoms with van der Waals surface area (Å²) in [5.41, 5.74) is 2.91. The Kier molecular flexibility index (Phi) is 6.02. The highest BCUT2D eigenvalue weighted by molar-refractivity contribution is 7.71. The molecule has 0 spiro atoms. The van der Waals surface area contributed by atoms with Crippen molar-refractivity contribution < 1.29 is 9.59 Å². The van der Waals surface area contributed by atoms with Crippen LogP contribution in [0, 0.1) is 16.0 Å². The van der Waals surface area contributed by atoms with Gasteiger partial charge in [0.15, 0.2) is 0 Å². The molecule has 2 N–H and O–H groups in total.